The summed E-state index contributed by atoms with van der Waals surface area (Å²) in [5.74, 6) is 0.982. The van der Waals surface area contributed by atoms with Crippen molar-refractivity contribution in [2.75, 3.05) is 7.11 Å². The molecule has 1 N–H and O–H groups in total. The van der Waals surface area contributed by atoms with Gasteiger partial charge in [-0.1, -0.05) is 18.2 Å². The zero-order valence-electron chi connectivity index (χ0n) is 14.2. The van der Waals surface area contributed by atoms with Crippen LogP contribution in [-0.2, 0) is 17.8 Å². The third-order valence-electron chi connectivity index (χ3n) is 4.72. The standard InChI is InChI=1S/C20H21N3O2/c1-25-18-7-3-2-5-14(18)13-23(16-8-9-16)19(24)11-15-12-22-20-17(15)6-4-10-21-20/h2-7,10,12,16H,8-9,11,13H2,1H3,(H,21,22). The Morgan fingerprint density at radius 3 is 2.88 bits per heavy atom. The molecule has 1 aliphatic carbocycles. The van der Waals surface area contributed by atoms with Gasteiger partial charge in [-0.2, -0.15) is 0 Å². The summed E-state index contributed by atoms with van der Waals surface area (Å²) >= 11 is 0. The van der Waals surface area contributed by atoms with E-state index in [9.17, 15) is 4.79 Å². The zero-order valence-corrected chi connectivity index (χ0v) is 14.2. The van der Waals surface area contributed by atoms with Gasteiger partial charge in [0, 0.05) is 35.9 Å². The molecule has 1 amide bonds. The van der Waals surface area contributed by atoms with E-state index in [0.717, 1.165) is 40.8 Å². The van der Waals surface area contributed by atoms with Crippen molar-refractivity contribution in [3.63, 3.8) is 0 Å². The number of carbonyl (C=O) groups excluding carboxylic acids is 1. The number of pyridine rings is 1. The average molecular weight is 335 g/mol. The van der Waals surface area contributed by atoms with E-state index in [1.807, 2.05) is 47.5 Å². The number of aromatic nitrogens is 2. The number of methoxy groups -OCH3 is 1. The molecule has 4 rings (SSSR count). The van der Waals surface area contributed by atoms with Gasteiger partial charge in [0.15, 0.2) is 0 Å². The highest BCUT2D eigenvalue weighted by Gasteiger charge is 2.33. The molecule has 128 valence electrons. The predicted octanol–water partition coefficient (Wildman–Crippen LogP) is 3.31. The second kappa shape index (κ2) is 6.59. The van der Waals surface area contributed by atoms with E-state index >= 15 is 0 Å². The van der Waals surface area contributed by atoms with Crippen LogP contribution in [0.3, 0.4) is 0 Å². The van der Waals surface area contributed by atoms with E-state index in [0.29, 0.717) is 19.0 Å². The number of nitrogens with zero attached hydrogens (tertiary/aromatic N) is 2. The van der Waals surface area contributed by atoms with Crippen molar-refractivity contribution >= 4 is 16.9 Å². The Bertz CT molecular complexity index is 899. The van der Waals surface area contributed by atoms with E-state index in [1.54, 1.807) is 13.3 Å². The van der Waals surface area contributed by atoms with Gasteiger partial charge in [-0.3, -0.25) is 4.79 Å². The molecule has 0 unspecified atom stereocenters. The monoisotopic (exact) mass is 335 g/mol. The molecule has 0 atom stereocenters. The molecule has 0 saturated heterocycles. The highest BCUT2D eigenvalue weighted by Crippen LogP contribution is 2.31. The first-order chi connectivity index (χ1) is 12.3. The Morgan fingerprint density at radius 1 is 1.24 bits per heavy atom. The van der Waals surface area contributed by atoms with Gasteiger partial charge in [0.25, 0.3) is 0 Å². The number of carbonyl (C=O) groups is 1. The maximum Gasteiger partial charge on any atom is 0.227 e. The van der Waals surface area contributed by atoms with Gasteiger partial charge in [0.1, 0.15) is 11.4 Å². The van der Waals surface area contributed by atoms with E-state index < -0.39 is 0 Å². The van der Waals surface area contributed by atoms with Gasteiger partial charge in [0.05, 0.1) is 13.5 Å². The first-order valence-corrected chi connectivity index (χ1v) is 8.58. The highest BCUT2D eigenvalue weighted by molar-refractivity contribution is 5.87. The molecule has 1 saturated carbocycles. The number of ether oxygens (including phenoxy) is 1. The molecule has 2 aromatic heterocycles. The molecule has 0 aliphatic heterocycles. The summed E-state index contributed by atoms with van der Waals surface area (Å²) in [7, 11) is 1.67. The van der Waals surface area contributed by atoms with Crippen LogP contribution in [0.2, 0.25) is 0 Å². The van der Waals surface area contributed by atoms with Crippen LogP contribution in [0.1, 0.15) is 24.0 Å². The maximum atomic E-state index is 13.0. The summed E-state index contributed by atoms with van der Waals surface area (Å²) in [6, 6.07) is 12.2. The number of amides is 1. The molecule has 5 heteroatoms. The number of para-hydroxylation sites is 1. The molecule has 0 spiro atoms. The van der Waals surface area contributed by atoms with Crippen LogP contribution in [0.5, 0.6) is 5.75 Å². The fourth-order valence-electron chi connectivity index (χ4n) is 3.25. The SMILES string of the molecule is COc1ccccc1CN(C(=O)Cc1c[nH]c2ncccc12)C1CC1. The normalized spacial score (nSPS) is 13.8. The number of aromatic amines is 1. The average Bonchev–Trinajstić information content (AvgIpc) is 3.41. The minimum Gasteiger partial charge on any atom is -0.496 e. The lowest BCUT2D eigenvalue weighted by molar-refractivity contribution is -0.131. The lowest BCUT2D eigenvalue weighted by Gasteiger charge is -2.23. The third kappa shape index (κ3) is 3.22. The lowest BCUT2D eigenvalue weighted by Crippen LogP contribution is -2.33. The fraction of sp³-hybridized carbons (Fsp3) is 0.300. The van der Waals surface area contributed by atoms with Crippen LogP contribution in [0.15, 0.2) is 48.8 Å². The van der Waals surface area contributed by atoms with Gasteiger partial charge >= 0.3 is 0 Å². The summed E-state index contributed by atoms with van der Waals surface area (Å²) in [5.41, 5.74) is 2.87. The molecule has 0 bridgehead atoms. The molecule has 1 aromatic carbocycles. The minimum absolute atomic E-state index is 0.151. The quantitative estimate of drug-likeness (QED) is 0.752. The molecular weight excluding hydrogens is 314 g/mol. The molecule has 1 aliphatic rings. The van der Waals surface area contributed by atoms with Crippen LogP contribution in [0.4, 0.5) is 0 Å². The molecule has 5 nitrogen and oxygen atoms in total. The number of hydrogen-bond acceptors (Lipinski definition) is 3. The summed E-state index contributed by atoms with van der Waals surface area (Å²) in [4.78, 5) is 22.4. The zero-order chi connectivity index (χ0) is 17.2. The summed E-state index contributed by atoms with van der Waals surface area (Å²) in [5, 5.41) is 1.02. The van der Waals surface area contributed by atoms with Gasteiger partial charge in [-0.05, 0) is 36.6 Å². The number of fused-ring (bicyclic) bond motifs is 1. The summed E-state index contributed by atoms with van der Waals surface area (Å²) in [6.45, 7) is 0.591. The summed E-state index contributed by atoms with van der Waals surface area (Å²) in [6.07, 6.45) is 6.19. The highest BCUT2D eigenvalue weighted by atomic mass is 16.5. The first kappa shape index (κ1) is 15.7. The van der Waals surface area contributed by atoms with Crippen LogP contribution in [0, 0.1) is 0 Å². The van der Waals surface area contributed by atoms with Crippen LogP contribution in [-0.4, -0.2) is 33.9 Å². The Balaban J connectivity index is 1.55. The number of benzene rings is 1. The van der Waals surface area contributed by atoms with Crippen molar-refractivity contribution in [2.45, 2.75) is 31.8 Å². The molecule has 0 radical (unpaired) electrons. The van der Waals surface area contributed by atoms with Crippen molar-refractivity contribution in [3.8, 4) is 5.75 Å². The smallest absolute Gasteiger partial charge is 0.227 e. The maximum absolute atomic E-state index is 13.0. The van der Waals surface area contributed by atoms with Crippen molar-refractivity contribution in [1.82, 2.24) is 14.9 Å². The Labute approximate surface area is 146 Å². The van der Waals surface area contributed by atoms with Crippen molar-refractivity contribution in [1.29, 1.82) is 0 Å². The molecule has 1 fully saturated rings. The number of hydrogen-bond donors (Lipinski definition) is 1. The number of rotatable bonds is 6. The Kier molecular flexibility index (Phi) is 4.14. The van der Waals surface area contributed by atoms with Gasteiger partial charge in [-0.15, -0.1) is 0 Å². The number of H-pyrrole nitrogens is 1. The second-order valence-corrected chi connectivity index (χ2v) is 6.45. The van der Waals surface area contributed by atoms with Crippen molar-refractivity contribution in [2.24, 2.45) is 0 Å². The van der Waals surface area contributed by atoms with Crippen molar-refractivity contribution in [3.05, 3.63) is 59.9 Å². The lowest BCUT2D eigenvalue weighted by atomic mass is 10.1. The first-order valence-electron chi connectivity index (χ1n) is 8.58. The second-order valence-electron chi connectivity index (χ2n) is 6.45. The minimum atomic E-state index is 0.151. The molecule has 2 heterocycles. The summed E-state index contributed by atoms with van der Waals surface area (Å²) < 4.78 is 5.44. The largest absolute Gasteiger partial charge is 0.496 e. The predicted molar refractivity (Wildman–Crippen MR) is 96.4 cm³/mol. The van der Waals surface area contributed by atoms with Gasteiger partial charge in [0.2, 0.25) is 5.91 Å². The Morgan fingerprint density at radius 2 is 2.08 bits per heavy atom. The molecule has 25 heavy (non-hydrogen) atoms. The van der Waals surface area contributed by atoms with Gasteiger partial charge < -0.3 is 14.6 Å². The topological polar surface area (TPSA) is 58.2 Å². The third-order valence-corrected chi connectivity index (χ3v) is 4.72. The van der Waals surface area contributed by atoms with Gasteiger partial charge in [-0.25, -0.2) is 4.98 Å². The van der Waals surface area contributed by atoms with Crippen molar-refractivity contribution < 1.29 is 9.53 Å². The van der Waals surface area contributed by atoms with Crippen LogP contribution >= 0.6 is 0 Å². The Hall–Kier alpha value is -2.82. The van der Waals surface area contributed by atoms with Crippen LogP contribution < -0.4 is 4.74 Å². The van der Waals surface area contributed by atoms with E-state index in [-0.39, 0.29) is 5.91 Å². The van der Waals surface area contributed by atoms with E-state index in [1.165, 1.54) is 0 Å². The molecular formula is C20H21N3O2. The van der Waals surface area contributed by atoms with Crippen LogP contribution in [0.25, 0.3) is 11.0 Å². The number of nitrogens with one attached hydrogen (secondary N) is 1. The fourth-order valence-corrected chi connectivity index (χ4v) is 3.25. The van der Waals surface area contributed by atoms with E-state index in [4.69, 9.17) is 4.74 Å². The van der Waals surface area contributed by atoms with E-state index in [2.05, 4.69) is 9.97 Å². The molecule has 3 aromatic rings.